The minimum absolute atomic E-state index is 0.145. The van der Waals surface area contributed by atoms with E-state index in [0.29, 0.717) is 25.9 Å². The number of anilines is 1. The van der Waals surface area contributed by atoms with E-state index in [4.69, 9.17) is 5.11 Å². The maximum atomic E-state index is 12.3. The van der Waals surface area contributed by atoms with E-state index in [-0.39, 0.29) is 11.9 Å². The zero-order valence-corrected chi connectivity index (χ0v) is 12.8. The quantitative estimate of drug-likeness (QED) is 0.879. The van der Waals surface area contributed by atoms with E-state index < -0.39 is 5.97 Å². The summed E-state index contributed by atoms with van der Waals surface area (Å²) in [6.07, 6.45) is 1.04. The zero-order valence-electron chi connectivity index (χ0n) is 12.8. The van der Waals surface area contributed by atoms with Crippen molar-refractivity contribution < 1.29 is 14.7 Å². The molecule has 0 aliphatic carbocycles. The number of amides is 2. The van der Waals surface area contributed by atoms with E-state index in [1.54, 1.807) is 4.90 Å². The van der Waals surface area contributed by atoms with Crippen LogP contribution in [-0.2, 0) is 4.79 Å². The third-order valence-electron chi connectivity index (χ3n) is 4.04. The van der Waals surface area contributed by atoms with Crippen molar-refractivity contribution in [2.24, 2.45) is 5.92 Å². The summed E-state index contributed by atoms with van der Waals surface area (Å²) in [4.78, 5) is 24.9. The maximum Gasteiger partial charge on any atom is 0.321 e. The number of urea groups is 1. The molecule has 1 aliphatic rings. The topological polar surface area (TPSA) is 69.6 Å². The molecule has 2 rings (SSSR count). The van der Waals surface area contributed by atoms with Gasteiger partial charge in [0.15, 0.2) is 0 Å². The van der Waals surface area contributed by atoms with Crippen LogP contribution in [0.4, 0.5) is 10.5 Å². The molecule has 0 atom stereocenters. The van der Waals surface area contributed by atoms with Gasteiger partial charge in [0.05, 0.1) is 5.92 Å². The lowest BCUT2D eigenvalue weighted by Gasteiger charge is -2.30. The Morgan fingerprint density at radius 3 is 2.14 bits per heavy atom. The molecule has 5 heteroatoms. The number of likely N-dealkylation sites (tertiary alicyclic amines) is 1. The van der Waals surface area contributed by atoms with Gasteiger partial charge in [0, 0.05) is 18.8 Å². The van der Waals surface area contributed by atoms with Crippen LogP contribution < -0.4 is 5.32 Å². The van der Waals surface area contributed by atoms with Crippen molar-refractivity contribution in [1.82, 2.24) is 4.90 Å². The SMILES string of the molecule is Cc1cc(C)c(NC(=O)N2CCC(C(=O)O)CC2)c(C)c1. The second-order valence-electron chi connectivity index (χ2n) is 5.80. The number of benzene rings is 1. The van der Waals surface area contributed by atoms with Crippen LogP contribution in [0.25, 0.3) is 0 Å². The van der Waals surface area contributed by atoms with Gasteiger partial charge in [-0.3, -0.25) is 4.79 Å². The van der Waals surface area contributed by atoms with Gasteiger partial charge in [0.1, 0.15) is 0 Å². The summed E-state index contributed by atoms with van der Waals surface area (Å²) in [5, 5.41) is 11.9. The number of aliphatic carboxylic acids is 1. The van der Waals surface area contributed by atoms with E-state index in [2.05, 4.69) is 5.32 Å². The fourth-order valence-electron chi connectivity index (χ4n) is 2.89. The molecule has 2 N–H and O–H groups in total. The van der Waals surface area contributed by atoms with Gasteiger partial charge in [-0.2, -0.15) is 0 Å². The van der Waals surface area contributed by atoms with Crippen LogP contribution >= 0.6 is 0 Å². The van der Waals surface area contributed by atoms with Crippen LogP contribution in [0.1, 0.15) is 29.5 Å². The normalized spacial score (nSPS) is 15.9. The number of nitrogens with zero attached hydrogens (tertiary/aromatic N) is 1. The van der Waals surface area contributed by atoms with Crippen molar-refractivity contribution in [2.75, 3.05) is 18.4 Å². The first kappa shape index (κ1) is 15.4. The number of aryl methyl sites for hydroxylation is 3. The van der Waals surface area contributed by atoms with Crippen LogP contribution in [-0.4, -0.2) is 35.1 Å². The highest BCUT2D eigenvalue weighted by Crippen LogP contribution is 2.23. The monoisotopic (exact) mass is 290 g/mol. The van der Waals surface area contributed by atoms with Crippen molar-refractivity contribution in [3.05, 3.63) is 28.8 Å². The number of piperidine rings is 1. The van der Waals surface area contributed by atoms with Gasteiger partial charge in [-0.15, -0.1) is 0 Å². The number of carbonyl (C=O) groups is 2. The molecule has 0 radical (unpaired) electrons. The summed E-state index contributed by atoms with van der Waals surface area (Å²) in [5.74, 6) is -1.09. The molecule has 1 aromatic carbocycles. The number of carboxylic acids is 1. The first-order valence-corrected chi connectivity index (χ1v) is 7.25. The smallest absolute Gasteiger partial charge is 0.321 e. The molecule has 1 aliphatic heterocycles. The average Bonchev–Trinajstić information content (AvgIpc) is 2.42. The molecule has 21 heavy (non-hydrogen) atoms. The molecule has 114 valence electrons. The van der Waals surface area contributed by atoms with E-state index in [1.165, 1.54) is 5.56 Å². The lowest BCUT2D eigenvalue weighted by atomic mass is 9.97. The molecule has 0 unspecified atom stereocenters. The van der Waals surface area contributed by atoms with Crippen LogP contribution in [0, 0.1) is 26.7 Å². The predicted molar refractivity (Wildman–Crippen MR) is 81.6 cm³/mol. The summed E-state index contributed by atoms with van der Waals surface area (Å²) < 4.78 is 0. The number of carbonyl (C=O) groups excluding carboxylic acids is 1. The molecule has 1 heterocycles. The Morgan fingerprint density at radius 1 is 1.14 bits per heavy atom. The Balaban J connectivity index is 2.01. The number of hydrogen-bond donors (Lipinski definition) is 2. The van der Waals surface area contributed by atoms with Crippen molar-refractivity contribution in [3.8, 4) is 0 Å². The molecule has 1 aromatic rings. The number of hydrogen-bond acceptors (Lipinski definition) is 2. The predicted octanol–water partition coefficient (Wildman–Crippen LogP) is 2.94. The number of nitrogens with one attached hydrogen (secondary N) is 1. The van der Waals surface area contributed by atoms with E-state index in [1.807, 2.05) is 32.9 Å². The van der Waals surface area contributed by atoms with Crippen LogP contribution in [0.15, 0.2) is 12.1 Å². The highest BCUT2D eigenvalue weighted by Gasteiger charge is 2.27. The Hall–Kier alpha value is -2.04. The highest BCUT2D eigenvalue weighted by atomic mass is 16.4. The molecule has 1 fully saturated rings. The van der Waals surface area contributed by atoms with Gasteiger partial charge < -0.3 is 15.3 Å². The molecular weight excluding hydrogens is 268 g/mol. The summed E-state index contributed by atoms with van der Waals surface area (Å²) in [5.41, 5.74) is 4.11. The minimum Gasteiger partial charge on any atom is -0.481 e. The van der Waals surface area contributed by atoms with Gasteiger partial charge in [-0.25, -0.2) is 4.79 Å². The van der Waals surface area contributed by atoms with Gasteiger partial charge in [0.25, 0.3) is 0 Å². The Bertz CT molecular complexity index is 538. The van der Waals surface area contributed by atoms with E-state index in [9.17, 15) is 9.59 Å². The summed E-state index contributed by atoms with van der Waals surface area (Å²) in [7, 11) is 0. The molecule has 0 saturated carbocycles. The van der Waals surface area contributed by atoms with Gasteiger partial charge in [-0.1, -0.05) is 17.7 Å². The van der Waals surface area contributed by atoms with Crippen molar-refractivity contribution in [3.63, 3.8) is 0 Å². The van der Waals surface area contributed by atoms with Gasteiger partial charge in [-0.05, 0) is 44.7 Å². The van der Waals surface area contributed by atoms with Crippen molar-refractivity contribution in [1.29, 1.82) is 0 Å². The summed E-state index contributed by atoms with van der Waals surface area (Å²) >= 11 is 0. The third kappa shape index (κ3) is 3.54. The molecule has 0 bridgehead atoms. The molecule has 2 amide bonds. The fourth-order valence-corrected chi connectivity index (χ4v) is 2.89. The largest absolute Gasteiger partial charge is 0.481 e. The third-order valence-corrected chi connectivity index (χ3v) is 4.04. The molecule has 0 aromatic heterocycles. The molecule has 0 spiro atoms. The molecular formula is C16H22N2O3. The van der Waals surface area contributed by atoms with Gasteiger partial charge >= 0.3 is 12.0 Å². The Kier molecular flexibility index (Phi) is 4.50. The van der Waals surface area contributed by atoms with E-state index >= 15 is 0 Å². The van der Waals surface area contributed by atoms with Crippen LogP contribution in [0.2, 0.25) is 0 Å². The first-order valence-electron chi connectivity index (χ1n) is 7.25. The molecule has 1 saturated heterocycles. The lowest BCUT2D eigenvalue weighted by Crippen LogP contribution is -2.42. The second-order valence-corrected chi connectivity index (χ2v) is 5.80. The maximum absolute atomic E-state index is 12.3. The van der Waals surface area contributed by atoms with Gasteiger partial charge in [0.2, 0.25) is 0 Å². The molecule has 5 nitrogen and oxygen atoms in total. The minimum atomic E-state index is -0.764. The zero-order chi connectivity index (χ0) is 15.6. The Labute approximate surface area is 125 Å². The van der Waals surface area contributed by atoms with Crippen molar-refractivity contribution in [2.45, 2.75) is 33.6 Å². The van der Waals surface area contributed by atoms with Crippen molar-refractivity contribution >= 4 is 17.7 Å². The lowest BCUT2D eigenvalue weighted by molar-refractivity contribution is -0.143. The summed E-state index contributed by atoms with van der Waals surface area (Å²) in [6, 6.07) is 3.94. The van der Waals surface area contributed by atoms with E-state index in [0.717, 1.165) is 16.8 Å². The summed E-state index contributed by atoms with van der Waals surface area (Å²) in [6.45, 7) is 6.97. The highest BCUT2D eigenvalue weighted by molar-refractivity contribution is 5.91. The number of carboxylic acid groups (broad SMARTS) is 1. The average molecular weight is 290 g/mol. The van der Waals surface area contributed by atoms with Crippen LogP contribution in [0.3, 0.4) is 0 Å². The van der Waals surface area contributed by atoms with Crippen LogP contribution in [0.5, 0.6) is 0 Å². The Morgan fingerprint density at radius 2 is 1.67 bits per heavy atom. The number of rotatable bonds is 2. The standard InChI is InChI=1S/C16H22N2O3/c1-10-8-11(2)14(12(3)9-10)17-16(21)18-6-4-13(5-7-18)15(19)20/h8-9,13H,4-7H2,1-3H3,(H,17,21)(H,19,20). The fraction of sp³-hybridized carbons (Fsp3) is 0.500. The first-order chi connectivity index (χ1) is 9.88. The second kappa shape index (κ2) is 6.16.